The van der Waals surface area contributed by atoms with E-state index in [0.717, 1.165) is 19.4 Å². The van der Waals surface area contributed by atoms with Crippen molar-refractivity contribution in [3.8, 4) is 0 Å². The minimum atomic E-state index is -0.0190. The lowest BCUT2D eigenvalue weighted by atomic mass is 9.81. The standard InChI is InChI=1S/C18H28N2O/c1-18(2,12-19)13-20(3)17(21)11-15-9-6-8-14-7-4-5-10-16(14)15/h4-5,7,10,15H,6,8-9,11-13,19H2,1-3H3. The number of aryl methyl sites for hydroxylation is 1. The molecule has 0 bridgehead atoms. The van der Waals surface area contributed by atoms with Crippen LogP contribution in [0.2, 0.25) is 0 Å². The maximum absolute atomic E-state index is 12.5. The maximum Gasteiger partial charge on any atom is 0.222 e. The van der Waals surface area contributed by atoms with E-state index in [-0.39, 0.29) is 11.3 Å². The first kappa shape index (κ1) is 16.0. The molecule has 2 N–H and O–H groups in total. The molecule has 21 heavy (non-hydrogen) atoms. The topological polar surface area (TPSA) is 46.3 Å². The highest BCUT2D eigenvalue weighted by molar-refractivity contribution is 5.77. The van der Waals surface area contributed by atoms with Crippen LogP contribution in [0.15, 0.2) is 24.3 Å². The molecule has 1 aromatic carbocycles. The lowest BCUT2D eigenvalue weighted by molar-refractivity contribution is -0.131. The summed E-state index contributed by atoms with van der Waals surface area (Å²) in [5.41, 5.74) is 8.55. The van der Waals surface area contributed by atoms with Crippen molar-refractivity contribution in [3.05, 3.63) is 35.4 Å². The first-order valence-electron chi connectivity index (χ1n) is 7.95. The number of carbonyl (C=O) groups is 1. The number of nitrogens with two attached hydrogens (primary N) is 1. The van der Waals surface area contributed by atoms with Gasteiger partial charge < -0.3 is 10.6 Å². The quantitative estimate of drug-likeness (QED) is 0.905. The van der Waals surface area contributed by atoms with Crippen LogP contribution < -0.4 is 5.73 Å². The average molecular weight is 288 g/mol. The number of nitrogens with zero attached hydrogens (tertiary/aromatic N) is 1. The zero-order chi connectivity index (χ0) is 15.5. The van der Waals surface area contributed by atoms with Gasteiger partial charge in [0.15, 0.2) is 0 Å². The molecule has 0 radical (unpaired) electrons. The predicted octanol–water partition coefficient (Wildman–Crippen LogP) is 2.94. The molecule has 0 saturated carbocycles. The van der Waals surface area contributed by atoms with Crippen LogP contribution >= 0.6 is 0 Å². The molecule has 1 atom stereocenters. The minimum absolute atomic E-state index is 0.0190. The summed E-state index contributed by atoms with van der Waals surface area (Å²) >= 11 is 0. The summed E-state index contributed by atoms with van der Waals surface area (Å²) in [5, 5.41) is 0. The Bertz CT molecular complexity index is 496. The van der Waals surface area contributed by atoms with E-state index in [1.807, 2.05) is 11.9 Å². The van der Waals surface area contributed by atoms with Crippen molar-refractivity contribution in [2.24, 2.45) is 11.1 Å². The van der Waals surface area contributed by atoms with Gasteiger partial charge in [0.1, 0.15) is 0 Å². The molecule has 0 aromatic heterocycles. The number of hydrogen-bond acceptors (Lipinski definition) is 2. The van der Waals surface area contributed by atoms with Crippen molar-refractivity contribution >= 4 is 5.91 Å². The summed E-state index contributed by atoms with van der Waals surface area (Å²) in [6.45, 7) is 5.52. The Kier molecular flexibility index (Phi) is 5.04. The predicted molar refractivity (Wildman–Crippen MR) is 87.2 cm³/mol. The van der Waals surface area contributed by atoms with Gasteiger partial charge in [-0.15, -0.1) is 0 Å². The fraction of sp³-hybridized carbons (Fsp3) is 0.611. The number of fused-ring (bicyclic) bond motifs is 1. The number of hydrogen-bond donors (Lipinski definition) is 1. The third kappa shape index (κ3) is 4.07. The summed E-state index contributed by atoms with van der Waals surface area (Å²) in [4.78, 5) is 14.4. The molecule has 3 heteroatoms. The lowest BCUT2D eigenvalue weighted by Crippen LogP contribution is -2.40. The van der Waals surface area contributed by atoms with Crippen molar-refractivity contribution in [1.82, 2.24) is 4.90 Å². The van der Waals surface area contributed by atoms with Crippen molar-refractivity contribution in [3.63, 3.8) is 0 Å². The Balaban J connectivity index is 2.01. The van der Waals surface area contributed by atoms with Crippen LogP contribution in [0, 0.1) is 5.41 Å². The third-order valence-electron chi connectivity index (χ3n) is 4.56. The van der Waals surface area contributed by atoms with Crippen molar-refractivity contribution in [1.29, 1.82) is 0 Å². The molecule has 0 saturated heterocycles. The Hall–Kier alpha value is -1.35. The molecule has 1 aliphatic rings. The minimum Gasteiger partial charge on any atom is -0.345 e. The summed E-state index contributed by atoms with van der Waals surface area (Å²) < 4.78 is 0. The van der Waals surface area contributed by atoms with E-state index in [1.54, 1.807) is 0 Å². The smallest absolute Gasteiger partial charge is 0.222 e. The first-order valence-corrected chi connectivity index (χ1v) is 7.95. The summed E-state index contributed by atoms with van der Waals surface area (Å²) in [7, 11) is 1.90. The van der Waals surface area contributed by atoms with Crippen LogP contribution in [-0.2, 0) is 11.2 Å². The molecule has 0 fully saturated rings. The second kappa shape index (κ2) is 6.61. The van der Waals surface area contributed by atoms with Gasteiger partial charge in [0.25, 0.3) is 0 Å². The molecule has 116 valence electrons. The van der Waals surface area contributed by atoms with E-state index in [1.165, 1.54) is 17.5 Å². The van der Waals surface area contributed by atoms with Crippen molar-refractivity contribution < 1.29 is 4.79 Å². The molecule has 1 unspecified atom stereocenters. The van der Waals surface area contributed by atoms with Gasteiger partial charge in [-0.1, -0.05) is 38.1 Å². The molecule has 1 amide bonds. The van der Waals surface area contributed by atoms with Gasteiger partial charge in [-0.25, -0.2) is 0 Å². The molecule has 0 heterocycles. The van der Waals surface area contributed by atoms with E-state index >= 15 is 0 Å². The monoisotopic (exact) mass is 288 g/mol. The van der Waals surface area contributed by atoms with Crippen LogP contribution in [0.1, 0.15) is 50.2 Å². The van der Waals surface area contributed by atoms with Gasteiger partial charge in [0, 0.05) is 20.0 Å². The highest BCUT2D eigenvalue weighted by Crippen LogP contribution is 2.34. The summed E-state index contributed by atoms with van der Waals surface area (Å²) in [5.74, 6) is 0.615. The van der Waals surface area contributed by atoms with Crippen LogP contribution in [0.5, 0.6) is 0 Å². The van der Waals surface area contributed by atoms with E-state index in [9.17, 15) is 4.79 Å². The molecular weight excluding hydrogens is 260 g/mol. The fourth-order valence-corrected chi connectivity index (χ4v) is 3.23. The highest BCUT2D eigenvalue weighted by atomic mass is 16.2. The number of rotatable bonds is 5. The SMILES string of the molecule is CN(CC(C)(C)CN)C(=O)CC1CCCc2ccccc21. The van der Waals surface area contributed by atoms with Crippen LogP contribution in [-0.4, -0.2) is 30.9 Å². The highest BCUT2D eigenvalue weighted by Gasteiger charge is 2.26. The van der Waals surface area contributed by atoms with E-state index in [0.29, 0.717) is 18.9 Å². The van der Waals surface area contributed by atoms with Crippen LogP contribution in [0.25, 0.3) is 0 Å². The second-order valence-corrected chi connectivity index (χ2v) is 7.11. The molecule has 3 nitrogen and oxygen atoms in total. The van der Waals surface area contributed by atoms with Crippen molar-refractivity contribution in [2.75, 3.05) is 20.1 Å². The normalized spacial score (nSPS) is 18.2. The summed E-state index contributed by atoms with van der Waals surface area (Å²) in [6.07, 6.45) is 4.08. The first-order chi connectivity index (χ1) is 9.93. The molecule has 0 spiro atoms. The lowest BCUT2D eigenvalue weighted by Gasteiger charge is -2.31. The van der Waals surface area contributed by atoms with Gasteiger partial charge >= 0.3 is 0 Å². The van der Waals surface area contributed by atoms with Gasteiger partial charge in [-0.2, -0.15) is 0 Å². The van der Waals surface area contributed by atoms with Gasteiger partial charge in [-0.3, -0.25) is 4.79 Å². The zero-order valence-electron chi connectivity index (χ0n) is 13.6. The van der Waals surface area contributed by atoms with E-state index < -0.39 is 0 Å². The average Bonchev–Trinajstić information content (AvgIpc) is 2.47. The molecule has 2 rings (SSSR count). The molecule has 1 aliphatic carbocycles. The zero-order valence-corrected chi connectivity index (χ0v) is 13.6. The molecule has 1 aromatic rings. The second-order valence-electron chi connectivity index (χ2n) is 7.11. The van der Waals surface area contributed by atoms with Gasteiger partial charge in [0.05, 0.1) is 0 Å². The third-order valence-corrected chi connectivity index (χ3v) is 4.56. The fourth-order valence-electron chi connectivity index (χ4n) is 3.23. The van der Waals surface area contributed by atoms with E-state index in [2.05, 4.69) is 38.1 Å². The maximum atomic E-state index is 12.5. The number of carbonyl (C=O) groups excluding carboxylic acids is 1. The Morgan fingerprint density at radius 1 is 1.38 bits per heavy atom. The molecular formula is C18H28N2O. The number of benzene rings is 1. The summed E-state index contributed by atoms with van der Waals surface area (Å²) in [6, 6.07) is 8.57. The van der Waals surface area contributed by atoms with E-state index in [4.69, 9.17) is 5.73 Å². The van der Waals surface area contributed by atoms with Gasteiger partial charge in [0.2, 0.25) is 5.91 Å². The van der Waals surface area contributed by atoms with Crippen molar-refractivity contribution in [2.45, 2.75) is 45.4 Å². The Morgan fingerprint density at radius 3 is 2.81 bits per heavy atom. The van der Waals surface area contributed by atoms with Crippen LogP contribution in [0.4, 0.5) is 0 Å². The largest absolute Gasteiger partial charge is 0.345 e. The van der Waals surface area contributed by atoms with Gasteiger partial charge in [-0.05, 0) is 48.3 Å². The Labute approximate surface area is 128 Å². The van der Waals surface area contributed by atoms with Crippen LogP contribution in [0.3, 0.4) is 0 Å². The number of amides is 1. The molecule has 0 aliphatic heterocycles. The Morgan fingerprint density at radius 2 is 2.10 bits per heavy atom.